The van der Waals surface area contributed by atoms with E-state index in [1.165, 1.54) is 19.3 Å². The van der Waals surface area contributed by atoms with Gasteiger partial charge in [-0.3, -0.25) is 28.9 Å². The first kappa shape index (κ1) is 23.7. The molecule has 1 heterocycles. The van der Waals surface area contributed by atoms with Crippen molar-refractivity contribution in [3.63, 3.8) is 0 Å². The minimum atomic E-state index is -1.11. The standard InChI is InChI=1S/C27H25NO8/c1-12-9-20(30)18-11-16-14(4-5-15-23(16)27(35)28(26(15)34)8-7-21(31)32)22(24(18)25(12)33)17-10-13(36-2)3-6-19(17)29/h3-4,6,9-10,15-16,22-23,29H,5,7-8,11H2,1-2H3,(H,31,32). The molecular formula is C27H25NO8. The molecule has 9 nitrogen and oxygen atoms in total. The van der Waals surface area contributed by atoms with Crippen LogP contribution in [0.25, 0.3) is 0 Å². The lowest BCUT2D eigenvalue weighted by atomic mass is 9.59. The number of Topliss-reactive ketones (excluding diaryl/α,β-unsaturated/α-hetero) is 1. The number of phenolic OH excluding ortho intramolecular Hbond substituents is 1. The Morgan fingerprint density at radius 3 is 2.58 bits per heavy atom. The summed E-state index contributed by atoms with van der Waals surface area (Å²) in [5, 5.41) is 19.9. The molecule has 4 aliphatic rings. The first-order chi connectivity index (χ1) is 17.1. The zero-order valence-corrected chi connectivity index (χ0v) is 19.8. The number of carboxylic acid groups (broad SMARTS) is 1. The Morgan fingerprint density at radius 1 is 1.14 bits per heavy atom. The molecule has 1 saturated heterocycles. The number of hydrogen-bond acceptors (Lipinski definition) is 7. The Kier molecular flexibility index (Phi) is 5.65. The topological polar surface area (TPSA) is 138 Å². The molecule has 2 N–H and O–H groups in total. The second-order valence-electron chi connectivity index (χ2n) is 9.63. The summed E-state index contributed by atoms with van der Waals surface area (Å²) >= 11 is 0. The van der Waals surface area contributed by atoms with Crippen LogP contribution >= 0.6 is 0 Å². The number of carbonyl (C=O) groups excluding carboxylic acids is 4. The van der Waals surface area contributed by atoms with Gasteiger partial charge in [-0.15, -0.1) is 0 Å². The molecule has 186 valence electrons. The Balaban J connectivity index is 1.65. The van der Waals surface area contributed by atoms with Crippen LogP contribution in [0.15, 0.2) is 52.6 Å². The molecule has 0 spiro atoms. The third-order valence-electron chi connectivity index (χ3n) is 7.75. The van der Waals surface area contributed by atoms with E-state index < -0.39 is 41.5 Å². The highest BCUT2D eigenvalue weighted by Crippen LogP contribution is 2.56. The Morgan fingerprint density at radius 2 is 1.89 bits per heavy atom. The van der Waals surface area contributed by atoms with Crippen molar-refractivity contribution in [2.45, 2.75) is 32.1 Å². The Hall–Kier alpha value is -4.01. The van der Waals surface area contributed by atoms with E-state index in [-0.39, 0.29) is 54.3 Å². The van der Waals surface area contributed by atoms with Crippen molar-refractivity contribution in [1.29, 1.82) is 0 Å². The van der Waals surface area contributed by atoms with E-state index in [1.54, 1.807) is 19.1 Å². The van der Waals surface area contributed by atoms with Gasteiger partial charge in [0.25, 0.3) is 0 Å². The predicted octanol–water partition coefficient (Wildman–Crippen LogP) is 2.31. The largest absolute Gasteiger partial charge is 0.508 e. The van der Waals surface area contributed by atoms with E-state index in [4.69, 9.17) is 9.84 Å². The van der Waals surface area contributed by atoms with Gasteiger partial charge in [0.1, 0.15) is 11.5 Å². The minimum absolute atomic E-state index is 0.0827. The molecule has 1 aromatic carbocycles. The van der Waals surface area contributed by atoms with Crippen LogP contribution in [0.5, 0.6) is 11.5 Å². The molecule has 0 aromatic heterocycles. The van der Waals surface area contributed by atoms with Gasteiger partial charge in [0.05, 0.1) is 25.4 Å². The number of nitrogens with zero attached hydrogens (tertiary/aromatic N) is 1. The lowest BCUT2D eigenvalue weighted by molar-refractivity contribution is -0.142. The second-order valence-corrected chi connectivity index (χ2v) is 9.63. The van der Waals surface area contributed by atoms with E-state index in [2.05, 4.69) is 0 Å². The van der Waals surface area contributed by atoms with Crippen molar-refractivity contribution in [3.05, 3.63) is 58.2 Å². The maximum Gasteiger partial charge on any atom is 0.305 e. The SMILES string of the molecule is COc1ccc(O)c(C2C3=CCC4C(=O)N(CCC(=O)O)C(=O)C4C3CC3=C2C(=O)C(C)=CC3=O)c1. The zero-order valence-electron chi connectivity index (χ0n) is 19.8. The van der Waals surface area contributed by atoms with E-state index in [9.17, 15) is 29.1 Å². The van der Waals surface area contributed by atoms with Crippen LogP contribution in [0.1, 0.15) is 37.7 Å². The Labute approximate surface area is 206 Å². The van der Waals surface area contributed by atoms with Crippen molar-refractivity contribution in [2.75, 3.05) is 13.7 Å². The van der Waals surface area contributed by atoms with Crippen molar-refractivity contribution >= 4 is 29.4 Å². The van der Waals surface area contributed by atoms with Gasteiger partial charge in [0, 0.05) is 34.7 Å². The summed E-state index contributed by atoms with van der Waals surface area (Å²) in [6.07, 6.45) is 3.14. The average molecular weight is 491 g/mol. The van der Waals surface area contributed by atoms with Crippen LogP contribution in [0, 0.1) is 17.8 Å². The highest BCUT2D eigenvalue weighted by Gasteiger charge is 2.56. The number of rotatable bonds is 5. The summed E-state index contributed by atoms with van der Waals surface area (Å²) < 4.78 is 5.34. The molecular weight excluding hydrogens is 466 g/mol. The number of amides is 2. The molecule has 5 rings (SSSR count). The molecule has 3 aliphatic carbocycles. The molecule has 0 bridgehead atoms. The van der Waals surface area contributed by atoms with Gasteiger partial charge in [-0.2, -0.15) is 0 Å². The number of carbonyl (C=O) groups is 5. The number of ether oxygens (including phenoxy) is 1. The van der Waals surface area contributed by atoms with Gasteiger partial charge in [0.2, 0.25) is 11.8 Å². The number of benzene rings is 1. The summed E-state index contributed by atoms with van der Waals surface area (Å²) in [6.45, 7) is 1.36. The van der Waals surface area contributed by atoms with Gasteiger partial charge < -0.3 is 14.9 Å². The number of methoxy groups -OCH3 is 1. The molecule has 9 heteroatoms. The van der Waals surface area contributed by atoms with E-state index in [0.717, 1.165) is 4.90 Å². The highest BCUT2D eigenvalue weighted by atomic mass is 16.5. The summed E-state index contributed by atoms with van der Waals surface area (Å²) in [5.41, 5.74) is 1.95. The van der Waals surface area contributed by atoms with Crippen molar-refractivity contribution in [2.24, 2.45) is 17.8 Å². The molecule has 1 aromatic rings. The van der Waals surface area contributed by atoms with Crippen LogP contribution in [0.3, 0.4) is 0 Å². The number of likely N-dealkylation sites (tertiary alicyclic amines) is 1. The van der Waals surface area contributed by atoms with E-state index >= 15 is 0 Å². The smallest absolute Gasteiger partial charge is 0.305 e. The number of ketones is 2. The number of phenols is 1. The van der Waals surface area contributed by atoms with Crippen LogP contribution in [0.2, 0.25) is 0 Å². The fourth-order valence-electron chi connectivity index (χ4n) is 6.10. The number of carboxylic acids is 1. The summed E-state index contributed by atoms with van der Waals surface area (Å²) in [6, 6.07) is 4.66. The molecule has 1 aliphatic heterocycles. The first-order valence-corrected chi connectivity index (χ1v) is 11.8. The third-order valence-corrected chi connectivity index (χ3v) is 7.75. The maximum absolute atomic E-state index is 13.4. The van der Waals surface area contributed by atoms with Crippen LogP contribution in [0.4, 0.5) is 0 Å². The van der Waals surface area contributed by atoms with Crippen LogP contribution < -0.4 is 4.74 Å². The fourth-order valence-corrected chi connectivity index (χ4v) is 6.10. The number of hydrogen-bond donors (Lipinski definition) is 2. The third kappa shape index (κ3) is 3.49. The van der Waals surface area contributed by atoms with Gasteiger partial charge in [-0.05, 0) is 50.0 Å². The fraction of sp³-hybridized carbons (Fsp3) is 0.370. The quantitative estimate of drug-likeness (QED) is 0.364. The summed E-state index contributed by atoms with van der Waals surface area (Å²) in [4.78, 5) is 65.0. The Bertz CT molecular complexity index is 1330. The van der Waals surface area contributed by atoms with Crippen LogP contribution in [-0.4, -0.2) is 58.1 Å². The number of imide groups is 1. The number of aromatic hydroxyl groups is 1. The molecule has 0 saturated carbocycles. The summed E-state index contributed by atoms with van der Waals surface area (Å²) in [5.74, 6) is -5.00. The molecule has 1 fully saturated rings. The lowest BCUT2D eigenvalue weighted by Gasteiger charge is -2.42. The molecule has 36 heavy (non-hydrogen) atoms. The van der Waals surface area contributed by atoms with Gasteiger partial charge in [-0.1, -0.05) is 11.6 Å². The van der Waals surface area contributed by atoms with Gasteiger partial charge >= 0.3 is 5.97 Å². The van der Waals surface area contributed by atoms with Crippen molar-refractivity contribution < 1.29 is 38.9 Å². The monoisotopic (exact) mass is 491 g/mol. The zero-order chi connectivity index (χ0) is 25.9. The van der Waals surface area contributed by atoms with Crippen molar-refractivity contribution in [3.8, 4) is 11.5 Å². The van der Waals surface area contributed by atoms with E-state index in [1.807, 2.05) is 6.08 Å². The summed E-state index contributed by atoms with van der Waals surface area (Å²) in [7, 11) is 1.48. The number of aliphatic carboxylic acids is 1. The number of allylic oxidation sites excluding steroid dienone is 6. The molecule has 2 amide bonds. The van der Waals surface area contributed by atoms with E-state index in [0.29, 0.717) is 22.5 Å². The van der Waals surface area contributed by atoms with Crippen LogP contribution in [-0.2, 0) is 24.0 Å². The molecule has 4 unspecified atom stereocenters. The maximum atomic E-state index is 13.4. The van der Waals surface area contributed by atoms with Gasteiger partial charge in [0.15, 0.2) is 11.6 Å². The molecule has 4 atom stereocenters. The second kappa shape index (κ2) is 8.58. The first-order valence-electron chi connectivity index (χ1n) is 11.8. The highest BCUT2D eigenvalue weighted by molar-refractivity contribution is 6.24. The van der Waals surface area contributed by atoms with Crippen molar-refractivity contribution in [1.82, 2.24) is 4.90 Å². The normalized spacial score (nSPS) is 27.3. The minimum Gasteiger partial charge on any atom is -0.508 e. The predicted molar refractivity (Wildman–Crippen MR) is 125 cm³/mol. The lowest BCUT2D eigenvalue weighted by Crippen LogP contribution is -2.40. The van der Waals surface area contributed by atoms with Gasteiger partial charge in [-0.25, -0.2) is 0 Å². The average Bonchev–Trinajstić information content (AvgIpc) is 3.09. The number of fused-ring (bicyclic) bond motifs is 3. The molecule has 0 radical (unpaired) electrons.